The molecule has 0 saturated carbocycles. The average Bonchev–Trinajstić information content (AvgIpc) is 3.90. The highest BCUT2D eigenvalue weighted by Gasteiger charge is 2.41. The number of nitrogens with zero attached hydrogens (tertiary/aromatic N) is 1. The predicted octanol–water partition coefficient (Wildman–Crippen LogP) is 11.5. The summed E-state index contributed by atoms with van der Waals surface area (Å²) in [7, 11) is 0. The highest BCUT2D eigenvalue weighted by atomic mass is 16.5. The first-order chi connectivity index (χ1) is 26.7. The molecule has 0 N–H and O–H groups in total. The van der Waals surface area contributed by atoms with E-state index in [9.17, 15) is 0 Å². The Balaban J connectivity index is 1.00. The van der Waals surface area contributed by atoms with E-state index in [-0.39, 0.29) is 6.92 Å². The van der Waals surface area contributed by atoms with Gasteiger partial charge in [-0.05, 0) is 95.6 Å². The van der Waals surface area contributed by atoms with Gasteiger partial charge in [-0.1, -0.05) is 78.9 Å². The maximum atomic E-state index is 6.91. The standard InChI is InChI=1S/C48H26BNO4/c1-5-13-38-30(9-1)31-10-2-6-14-39(31)50(38)29-18-21-43-37(26-29)49-47-35(33-12-4-8-16-42(33)54-49)24-28(25-45(47)52-43)27-17-20-41-36(23-27)46-44(51-41)22-19-34-32-11-3-7-15-40(32)53-48(34)46/h1-26H. The van der Waals surface area contributed by atoms with Crippen LogP contribution in [0.25, 0.3) is 93.6 Å². The molecular weight excluding hydrogens is 665 g/mol. The molecule has 5 heterocycles. The number of para-hydroxylation sites is 4. The molecule has 250 valence electrons. The Kier molecular flexibility index (Phi) is 5.39. The minimum atomic E-state index is -0.336. The summed E-state index contributed by atoms with van der Waals surface area (Å²) in [5, 5.41) is 6.65. The van der Waals surface area contributed by atoms with Gasteiger partial charge in [-0.3, -0.25) is 0 Å². The van der Waals surface area contributed by atoms with E-state index in [2.05, 4.69) is 144 Å². The van der Waals surface area contributed by atoms with Gasteiger partial charge in [-0.2, -0.15) is 0 Å². The quantitative estimate of drug-likeness (QED) is 0.169. The van der Waals surface area contributed by atoms with E-state index in [0.717, 1.165) is 100.0 Å². The molecule has 2 aliphatic heterocycles. The minimum absolute atomic E-state index is 0.336. The molecule has 3 aromatic heterocycles. The second-order valence-corrected chi connectivity index (χ2v) is 14.4. The molecule has 6 heteroatoms. The predicted molar refractivity (Wildman–Crippen MR) is 218 cm³/mol. The van der Waals surface area contributed by atoms with Crippen LogP contribution in [0.1, 0.15) is 0 Å². The molecule has 0 amide bonds. The van der Waals surface area contributed by atoms with Crippen molar-refractivity contribution in [2.75, 3.05) is 0 Å². The fraction of sp³-hybridized carbons (Fsp3) is 0. The second kappa shape index (κ2) is 10.2. The highest BCUT2D eigenvalue weighted by molar-refractivity contribution is 6.84. The first kappa shape index (κ1) is 28.4. The third-order valence-electron chi connectivity index (χ3n) is 11.5. The highest BCUT2D eigenvalue weighted by Crippen LogP contribution is 2.44. The van der Waals surface area contributed by atoms with Crippen molar-refractivity contribution in [1.82, 2.24) is 4.57 Å². The lowest BCUT2D eigenvalue weighted by atomic mass is 9.50. The summed E-state index contributed by atoms with van der Waals surface area (Å²) in [5.41, 5.74) is 13.1. The lowest BCUT2D eigenvalue weighted by Crippen LogP contribution is -2.53. The molecule has 0 aliphatic carbocycles. The number of hydrogen-bond donors (Lipinski definition) is 0. The monoisotopic (exact) mass is 691 g/mol. The molecule has 54 heavy (non-hydrogen) atoms. The normalized spacial score (nSPS) is 13.1. The largest absolute Gasteiger partial charge is 0.551 e. The summed E-state index contributed by atoms with van der Waals surface area (Å²) in [6.07, 6.45) is 0. The van der Waals surface area contributed by atoms with Gasteiger partial charge >= 0.3 is 6.92 Å². The van der Waals surface area contributed by atoms with Gasteiger partial charge in [0.2, 0.25) is 0 Å². The number of benzene rings is 8. The lowest BCUT2D eigenvalue weighted by molar-refractivity contribution is 0.479. The Hall–Kier alpha value is -7.18. The van der Waals surface area contributed by atoms with E-state index in [1.807, 2.05) is 18.2 Å². The van der Waals surface area contributed by atoms with E-state index in [1.54, 1.807) is 0 Å². The summed E-state index contributed by atoms with van der Waals surface area (Å²) in [4.78, 5) is 0. The summed E-state index contributed by atoms with van der Waals surface area (Å²) in [5.74, 6) is 2.45. The Morgan fingerprint density at radius 3 is 2.06 bits per heavy atom. The van der Waals surface area contributed by atoms with Crippen LogP contribution >= 0.6 is 0 Å². The van der Waals surface area contributed by atoms with Gasteiger partial charge in [0.1, 0.15) is 39.6 Å². The number of ether oxygens (including phenoxy) is 1. The first-order valence-electron chi connectivity index (χ1n) is 18.3. The third kappa shape index (κ3) is 3.73. The van der Waals surface area contributed by atoms with Crippen LogP contribution in [0.15, 0.2) is 167 Å². The van der Waals surface area contributed by atoms with Crippen molar-refractivity contribution < 1.29 is 18.2 Å². The number of rotatable bonds is 2. The molecule has 0 unspecified atom stereocenters. The lowest BCUT2D eigenvalue weighted by Gasteiger charge is -2.33. The maximum absolute atomic E-state index is 6.91. The Morgan fingerprint density at radius 2 is 1.19 bits per heavy atom. The third-order valence-corrected chi connectivity index (χ3v) is 11.5. The van der Waals surface area contributed by atoms with E-state index in [1.165, 1.54) is 21.8 Å². The van der Waals surface area contributed by atoms with E-state index in [0.29, 0.717) is 0 Å². The molecule has 0 spiro atoms. The molecule has 13 rings (SSSR count). The van der Waals surface area contributed by atoms with Crippen molar-refractivity contribution in [2.45, 2.75) is 0 Å². The van der Waals surface area contributed by atoms with Crippen molar-refractivity contribution in [1.29, 1.82) is 0 Å². The maximum Gasteiger partial charge on any atom is 0.434 e. The van der Waals surface area contributed by atoms with Crippen molar-refractivity contribution >= 4 is 83.5 Å². The smallest absolute Gasteiger partial charge is 0.434 e. The van der Waals surface area contributed by atoms with Crippen molar-refractivity contribution in [2.24, 2.45) is 0 Å². The van der Waals surface area contributed by atoms with E-state index >= 15 is 0 Å². The Bertz CT molecular complexity index is 3370. The van der Waals surface area contributed by atoms with Crippen molar-refractivity contribution in [3.63, 3.8) is 0 Å². The van der Waals surface area contributed by atoms with Gasteiger partial charge in [0.25, 0.3) is 0 Å². The zero-order valence-electron chi connectivity index (χ0n) is 28.7. The molecule has 2 aliphatic rings. The number of fused-ring (bicyclic) bond motifs is 14. The van der Waals surface area contributed by atoms with Crippen LogP contribution in [0, 0.1) is 0 Å². The van der Waals surface area contributed by atoms with Crippen LogP contribution in [0.5, 0.6) is 17.2 Å². The topological polar surface area (TPSA) is 49.7 Å². The summed E-state index contributed by atoms with van der Waals surface area (Å²) in [6.45, 7) is -0.336. The molecule has 0 fully saturated rings. The SMILES string of the molecule is c1ccc2c(c1)OB1c3cc(-n4c5ccccc5c5ccccc54)ccc3Oc3cc(-c4ccc5oc6ccc7c8ccccc8oc7c6c5c4)cc-2c31. The van der Waals surface area contributed by atoms with Gasteiger partial charge in [0, 0.05) is 49.1 Å². The van der Waals surface area contributed by atoms with Crippen LogP contribution in [-0.4, -0.2) is 11.5 Å². The summed E-state index contributed by atoms with van der Waals surface area (Å²) in [6, 6.07) is 55.2. The zero-order valence-corrected chi connectivity index (χ0v) is 28.7. The van der Waals surface area contributed by atoms with Crippen LogP contribution in [0.3, 0.4) is 0 Å². The van der Waals surface area contributed by atoms with Crippen LogP contribution in [0.2, 0.25) is 0 Å². The van der Waals surface area contributed by atoms with E-state index < -0.39 is 0 Å². The molecule has 0 radical (unpaired) electrons. The number of hydrogen-bond acceptors (Lipinski definition) is 4. The van der Waals surface area contributed by atoms with Gasteiger partial charge in [-0.15, -0.1) is 0 Å². The van der Waals surface area contributed by atoms with Crippen LogP contribution < -0.4 is 20.3 Å². The van der Waals surface area contributed by atoms with Gasteiger partial charge in [0.15, 0.2) is 0 Å². The Labute approximate surface area is 308 Å². The van der Waals surface area contributed by atoms with Crippen LogP contribution in [0.4, 0.5) is 0 Å². The van der Waals surface area contributed by atoms with E-state index in [4.69, 9.17) is 18.2 Å². The molecule has 0 atom stereocenters. The summed E-state index contributed by atoms with van der Waals surface area (Å²) < 4.78 is 28.9. The zero-order chi connectivity index (χ0) is 35.1. The minimum Gasteiger partial charge on any atom is -0.551 e. The fourth-order valence-electron chi connectivity index (χ4n) is 9.08. The average molecular weight is 692 g/mol. The van der Waals surface area contributed by atoms with Gasteiger partial charge in [0.05, 0.1) is 16.4 Å². The molecule has 0 saturated heterocycles. The number of aromatic nitrogens is 1. The Morgan fingerprint density at radius 1 is 0.444 bits per heavy atom. The van der Waals surface area contributed by atoms with Crippen molar-refractivity contribution in [3.8, 4) is 45.2 Å². The number of furan rings is 2. The second-order valence-electron chi connectivity index (χ2n) is 14.4. The molecule has 8 aromatic carbocycles. The first-order valence-corrected chi connectivity index (χ1v) is 18.3. The molecule has 5 nitrogen and oxygen atoms in total. The van der Waals surface area contributed by atoms with Gasteiger partial charge in [-0.25, -0.2) is 0 Å². The summed E-state index contributed by atoms with van der Waals surface area (Å²) >= 11 is 0. The van der Waals surface area contributed by atoms with Gasteiger partial charge < -0.3 is 22.8 Å². The van der Waals surface area contributed by atoms with Crippen LogP contribution in [-0.2, 0) is 0 Å². The fourth-order valence-corrected chi connectivity index (χ4v) is 9.08. The molecule has 0 bridgehead atoms. The molecular formula is C48H26BNO4. The molecule has 11 aromatic rings. The van der Waals surface area contributed by atoms with Crippen molar-refractivity contribution in [3.05, 3.63) is 158 Å².